The van der Waals surface area contributed by atoms with Crippen LogP contribution in [0.4, 0.5) is 0 Å². The number of para-hydroxylation sites is 1. The van der Waals surface area contributed by atoms with Gasteiger partial charge in [-0.25, -0.2) is 0 Å². The first-order valence-electron chi connectivity index (χ1n) is 10.4. The summed E-state index contributed by atoms with van der Waals surface area (Å²) < 4.78 is 0.909. The Kier molecular flexibility index (Phi) is 5.90. The number of halogens is 1. The van der Waals surface area contributed by atoms with E-state index in [-0.39, 0.29) is 12.6 Å². The highest BCUT2D eigenvalue weighted by atomic mass is 79.9. The maximum Gasteiger partial charge on any atom is 0.167 e. The number of fused-ring (bicyclic) bond motifs is 2. The van der Waals surface area contributed by atoms with Gasteiger partial charge in [0, 0.05) is 45.4 Å². The first kappa shape index (κ1) is 20.7. The smallest absolute Gasteiger partial charge is 0.167 e. The third kappa shape index (κ3) is 4.53. The molecule has 0 radical (unpaired) electrons. The van der Waals surface area contributed by atoms with Crippen molar-refractivity contribution in [3.8, 4) is 16.9 Å². The Morgan fingerprint density at radius 2 is 1.88 bits per heavy atom. The zero-order valence-electron chi connectivity index (χ0n) is 17.3. The third-order valence-corrected chi connectivity index (χ3v) is 5.90. The average Bonchev–Trinajstić information content (AvgIpc) is 3.21. The summed E-state index contributed by atoms with van der Waals surface area (Å²) in [5.41, 5.74) is 10.7. The van der Waals surface area contributed by atoms with Crippen molar-refractivity contribution in [1.29, 1.82) is 0 Å². The molecule has 2 aromatic heterocycles. The molecule has 0 fully saturated rings. The molecule has 5 nitrogen and oxygen atoms in total. The molecular formula is C26H22BrN3O2. The van der Waals surface area contributed by atoms with E-state index < -0.39 is 0 Å². The number of aromatic amines is 1. The van der Waals surface area contributed by atoms with Gasteiger partial charge in [0.05, 0.1) is 0 Å². The quantitative estimate of drug-likeness (QED) is 0.217. The van der Waals surface area contributed by atoms with Gasteiger partial charge in [0.25, 0.3) is 0 Å². The number of H-pyrrole nitrogens is 1. The Balaban J connectivity index is 1.25. The number of nitrogens with zero attached hydrogens (tertiary/aromatic N) is 1. The molecule has 0 saturated heterocycles. The van der Waals surface area contributed by atoms with Gasteiger partial charge in [-0.05, 0) is 64.9 Å². The topological polar surface area (TPSA) is 73.2 Å². The van der Waals surface area contributed by atoms with E-state index in [0.717, 1.165) is 31.9 Å². The van der Waals surface area contributed by atoms with Crippen LogP contribution in [-0.2, 0) is 11.3 Å². The van der Waals surface area contributed by atoms with E-state index in [1.807, 2.05) is 42.7 Å². The van der Waals surface area contributed by atoms with Crippen LogP contribution in [0.2, 0.25) is 0 Å². The largest absolute Gasteiger partial charge is 0.361 e. The molecule has 160 valence electrons. The normalized spacial score (nSPS) is 12.3. The predicted molar refractivity (Wildman–Crippen MR) is 131 cm³/mol. The van der Waals surface area contributed by atoms with Crippen molar-refractivity contribution in [2.45, 2.75) is 12.5 Å². The SMILES string of the molecule is N[C@H](COOc1cc(Br)cc(-c2ccc3cnccc3c2)c1)Cc1c[nH]c2ccccc12. The Labute approximate surface area is 194 Å². The number of rotatable bonds is 7. The summed E-state index contributed by atoms with van der Waals surface area (Å²) in [7, 11) is 0. The van der Waals surface area contributed by atoms with E-state index in [1.54, 1.807) is 6.20 Å². The lowest BCUT2D eigenvalue weighted by Gasteiger charge is -2.12. The summed E-state index contributed by atoms with van der Waals surface area (Å²) in [6.07, 6.45) is 6.37. The summed E-state index contributed by atoms with van der Waals surface area (Å²) in [6, 6.07) is 22.2. The molecule has 1 atom stereocenters. The monoisotopic (exact) mass is 487 g/mol. The number of nitrogens with one attached hydrogen (secondary N) is 1. The fraction of sp³-hybridized carbons (Fsp3) is 0.115. The molecule has 6 heteroatoms. The zero-order valence-corrected chi connectivity index (χ0v) is 18.9. The highest BCUT2D eigenvalue weighted by Gasteiger charge is 2.11. The Hall–Kier alpha value is -3.19. The molecule has 0 aliphatic carbocycles. The molecular weight excluding hydrogens is 466 g/mol. The van der Waals surface area contributed by atoms with Gasteiger partial charge >= 0.3 is 0 Å². The van der Waals surface area contributed by atoms with Gasteiger partial charge in [0.1, 0.15) is 6.61 Å². The van der Waals surface area contributed by atoms with Crippen LogP contribution in [0.15, 0.2) is 89.8 Å². The van der Waals surface area contributed by atoms with E-state index in [2.05, 4.69) is 62.3 Å². The van der Waals surface area contributed by atoms with Gasteiger partial charge in [0.2, 0.25) is 0 Å². The number of nitrogens with two attached hydrogens (primary N) is 1. The Morgan fingerprint density at radius 3 is 2.81 bits per heavy atom. The van der Waals surface area contributed by atoms with Gasteiger partial charge in [-0.2, -0.15) is 4.89 Å². The second-order valence-corrected chi connectivity index (χ2v) is 8.72. The van der Waals surface area contributed by atoms with Crippen molar-refractivity contribution in [2.24, 2.45) is 5.73 Å². The van der Waals surface area contributed by atoms with Gasteiger partial charge in [-0.1, -0.05) is 46.3 Å². The summed E-state index contributed by atoms with van der Waals surface area (Å²) in [5, 5.41) is 3.43. The van der Waals surface area contributed by atoms with Crippen LogP contribution in [0, 0.1) is 0 Å². The summed E-state index contributed by atoms with van der Waals surface area (Å²) in [4.78, 5) is 18.5. The highest BCUT2D eigenvalue weighted by molar-refractivity contribution is 9.10. The summed E-state index contributed by atoms with van der Waals surface area (Å²) >= 11 is 3.57. The lowest BCUT2D eigenvalue weighted by atomic mass is 10.0. The zero-order chi connectivity index (χ0) is 21.9. The van der Waals surface area contributed by atoms with Crippen LogP contribution in [0.25, 0.3) is 32.8 Å². The van der Waals surface area contributed by atoms with Crippen LogP contribution >= 0.6 is 15.9 Å². The minimum Gasteiger partial charge on any atom is -0.361 e. The Bertz CT molecular complexity index is 1380. The average molecular weight is 488 g/mol. The molecule has 5 aromatic rings. The van der Waals surface area contributed by atoms with Crippen LogP contribution in [0.1, 0.15) is 5.56 Å². The highest BCUT2D eigenvalue weighted by Crippen LogP contribution is 2.31. The lowest BCUT2D eigenvalue weighted by Crippen LogP contribution is -2.29. The molecule has 0 aliphatic rings. The van der Waals surface area contributed by atoms with E-state index in [9.17, 15) is 0 Å². The van der Waals surface area contributed by atoms with Crippen LogP contribution < -0.4 is 10.6 Å². The van der Waals surface area contributed by atoms with Gasteiger partial charge in [-0.3, -0.25) is 4.98 Å². The molecule has 2 heterocycles. The molecule has 0 aliphatic heterocycles. The minimum absolute atomic E-state index is 0.185. The van der Waals surface area contributed by atoms with Crippen LogP contribution in [0.5, 0.6) is 5.75 Å². The van der Waals surface area contributed by atoms with Crippen molar-refractivity contribution in [3.63, 3.8) is 0 Å². The second-order valence-electron chi connectivity index (χ2n) is 7.80. The third-order valence-electron chi connectivity index (χ3n) is 5.44. The number of pyridine rings is 1. The fourth-order valence-corrected chi connectivity index (χ4v) is 4.34. The molecule has 3 aromatic carbocycles. The van der Waals surface area contributed by atoms with E-state index >= 15 is 0 Å². The number of aromatic nitrogens is 2. The van der Waals surface area contributed by atoms with Crippen molar-refractivity contribution in [3.05, 3.63) is 95.4 Å². The van der Waals surface area contributed by atoms with E-state index in [0.29, 0.717) is 12.2 Å². The van der Waals surface area contributed by atoms with E-state index in [1.165, 1.54) is 10.9 Å². The lowest BCUT2D eigenvalue weighted by molar-refractivity contribution is -0.209. The molecule has 3 N–H and O–H groups in total. The molecule has 0 spiro atoms. The molecule has 0 bridgehead atoms. The maximum atomic E-state index is 6.29. The summed E-state index contributed by atoms with van der Waals surface area (Å²) in [5.74, 6) is 0.614. The predicted octanol–water partition coefficient (Wildman–Crippen LogP) is 6.03. The summed E-state index contributed by atoms with van der Waals surface area (Å²) in [6.45, 7) is 0.282. The van der Waals surface area contributed by atoms with Crippen LogP contribution in [0.3, 0.4) is 0 Å². The number of benzene rings is 3. The molecule has 0 amide bonds. The van der Waals surface area contributed by atoms with Gasteiger partial charge in [-0.15, -0.1) is 0 Å². The molecule has 0 unspecified atom stereocenters. The first-order valence-corrected chi connectivity index (χ1v) is 11.2. The fourth-order valence-electron chi connectivity index (χ4n) is 3.87. The van der Waals surface area contributed by atoms with Crippen LogP contribution in [-0.4, -0.2) is 22.6 Å². The van der Waals surface area contributed by atoms with Crippen molar-refractivity contribution < 1.29 is 9.78 Å². The van der Waals surface area contributed by atoms with Gasteiger partial charge in [0.15, 0.2) is 5.75 Å². The maximum absolute atomic E-state index is 6.29. The van der Waals surface area contributed by atoms with E-state index in [4.69, 9.17) is 15.5 Å². The number of hydrogen-bond donors (Lipinski definition) is 2. The number of hydrogen-bond acceptors (Lipinski definition) is 4. The van der Waals surface area contributed by atoms with Crippen molar-refractivity contribution in [2.75, 3.05) is 6.61 Å². The minimum atomic E-state index is -0.185. The van der Waals surface area contributed by atoms with Gasteiger partial charge < -0.3 is 15.6 Å². The first-order chi connectivity index (χ1) is 15.7. The van der Waals surface area contributed by atoms with Crippen molar-refractivity contribution >= 4 is 37.6 Å². The molecule has 0 saturated carbocycles. The molecule has 5 rings (SSSR count). The second kappa shape index (κ2) is 9.12. The van der Waals surface area contributed by atoms with Crippen molar-refractivity contribution in [1.82, 2.24) is 9.97 Å². The standard InChI is InChI=1S/C26H22BrN3O2/c27-22-10-20(17-5-6-19-14-29-8-7-18(19)9-17)12-24(13-22)32-31-16-23(28)11-21-15-30-26-4-2-1-3-25(21)26/h1-10,12-15,23,30H,11,16,28H2/t23-/m0/s1. The Morgan fingerprint density at radius 1 is 0.969 bits per heavy atom. The molecule has 32 heavy (non-hydrogen) atoms.